The van der Waals surface area contributed by atoms with Crippen LogP contribution in [0.3, 0.4) is 0 Å². The molecule has 1 atom stereocenters. The van der Waals surface area contributed by atoms with Crippen molar-refractivity contribution in [3.05, 3.63) is 59.7 Å². The maximum absolute atomic E-state index is 12.3. The van der Waals surface area contributed by atoms with E-state index in [0.717, 1.165) is 27.6 Å². The molecule has 2 amide bonds. The number of hydrogen-bond donors (Lipinski definition) is 2. The Labute approximate surface area is 172 Å². The molecule has 0 bridgehead atoms. The fraction of sp³-hybridized carbons (Fsp3) is 0.286. The van der Waals surface area contributed by atoms with Gasteiger partial charge in [0, 0.05) is 17.9 Å². The lowest BCUT2D eigenvalue weighted by Gasteiger charge is -2.14. The number of para-hydroxylation sites is 1. The van der Waals surface area contributed by atoms with Crippen LogP contribution in [0.2, 0.25) is 0 Å². The van der Waals surface area contributed by atoms with E-state index in [9.17, 15) is 9.59 Å². The number of nitrogens with zero attached hydrogens (tertiary/aromatic N) is 1. The van der Waals surface area contributed by atoms with Crippen molar-refractivity contribution in [3.63, 3.8) is 0 Å². The zero-order valence-corrected chi connectivity index (χ0v) is 17.5. The first kappa shape index (κ1) is 20.4. The summed E-state index contributed by atoms with van der Waals surface area (Å²) in [5, 5.41) is 5.51. The average molecular weight is 414 g/mol. The SMILES string of the molecule is CCCNC(=O)C(C)NC(=O)c1ccc(CSc2nc3ccccc3s2)cc1. The van der Waals surface area contributed by atoms with Crippen LogP contribution in [0.15, 0.2) is 52.9 Å². The van der Waals surface area contributed by atoms with Gasteiger partial charge >= 0.3 is 0 Å². The summed E-state index contributed by atoms with van der Waals surface area (Å²) in [6.07, 6.45) is 0.864. The highest BCUT2D eigenvalue weighted by Gasteiger charge is 2.16. The summed E-state index contributed by atoms with van der Waals surface area (Å²) in [4.78, 5) is 28.8. The van der Waals surface area contributed by atoms with Crippen LogP contribution in [-0.4, -0.2) is 29.4 Å². The van der Waals surface area contributed by atoms with E-state index in [-0.39, 0.29) is 11.8 Å². The van der Waals surface area contributed by atoms with E-state index in [0.29, 0.717) is 12.1 Å². The Bertz CT molecular complexity index is 921. The lowest BCUT2D eigenvalue weighted by atomic mass is 10.1. The molecule has 1 unspecified atom stereocenters. The van der Waals surface area contributed by atoms with Crippen molar-refractivity contribution in [1.82, 2.24) is 15.6 Å². The molecule has 3 rings (SSSR count). The molecule has 2 aromatic carbocycles. The largest absolute Gasteiger partial charge is 0.354 e. The Morgan fingerprint density at radius 2 is 1.89 bits per heavy atom. The molecule has 0 fully saturated rings. The molecule has 1 heterocycles. The Hall–Kier alpha value is -2.38. The van der Waals surface area contributed by atoms with E-state index >= 15 is 0 Å². The molecule has 28 heavy (non-hydrogen) atoms. The summed E-state index contributed by atoms with van der Waals surface area (Å²) < 4.78 is 2.23. The lowest BCUT2D eigenvalue weighted by molar-refractivity contribution is -0.122. The van der Waals surface area contributed by atoms with Crippen LogP contribution in [0.25, 0.3) is 10.2 Å². The molecule has 1 aromatic heterocycles. The minimum atomic E-state index is -0.562. The van der Waals surface area contributed by atoms with Crippen LogP contribution in [0.4, 0.5) is 0 Å². The van der Waals surface area contributed by atoms with E-state index in [1.807, 2.05) is 37.3 Å². The van der Waals surface area contributed by atoms with Gasteiger partial charge in [-0.1, -0.05) is 43.0 Å². The zero-order chi connectivity index (χ0) is 19.9. The summed E-state index contributed by atoms with van der Waals surface area (Å²) in [5.41, 5.74) is 2.69. The first-order valence-corrected chi connectivity index (χ1v) is 11.0. The molecule has 0 saturated carbocycles. The van der Waals surface area contributed by atoms with Crippen molar-refractivity contribution < 1.29 is 9.59 Å². The van der Waals surface area contributed by atoms with Gasteiger partial charge in [0.2, 0.25) is 5.91 Å². The van der Waals surface area contributed by atoms with Crippen molar-refractivity contribution in [3.8, 4) is 0 Å². The third-order valence-corrected chi connectivity index (χ3v) is 6.39. The fourth-order valence-electron chi connectivity index (χ4n) is 2.56. The molecule has 0 aliphatic carbocycles. The number of carbonyl (C=O) groups is 2. The fourth-order valence-corrected chi connectivity index (χ4v) is 4.58. The number of nitrogens with one attached hydrogen (secondary N) is 2. The summed E-state index contributed by atoms with van der Waals surface area (Å²) >= 11 is 3.38. The van der Waals surface area contributed by atoms with Gasteiger partial charge in [0.15, 0.2) is 4.34 Å². The van der Waals surface area contributed by atoms with E-state index in [1.165, 1.54) is 4.70 Å². The van der Waals surface area contributed by atoms with Crippen LogP contribution >= 0.6 is 23.1 Å². The van der Waals surface area contributed by atoms with Crippen molar-refractivity contribution in [2.24, 2.45) is 0 Å². The molecule has 146 valence electrons. The second-order valence-corrected chi connectivity index (χ2v) is 8.67. The molecule has 0 radical (unpaired) electrons. The lowest BCUT2D eigenvalue weighted by Crippen LogP contribution is -2.44. The number of amides is 2. The van der Waals surface area contributed by atoms with Crippen molar-refractivity contribution in [2.45, 2.75) is 36.4 Å². The number of rotatable bonds is 8. The molecule has 0 spiro atoms. The molecule has 3 aromatic rings. The molecule has 2 N–H and O–H groups in total. The topological polar surface area (TPSA) is 71.1 Å². The van der Waals surface area contributed by atoms with Gasteiger partial charge in [0.05, 0.1) is 10.2 Å². The Kier molecular flexibility index (Phi) is 7.06. The van der Waals surface area contributed by atoms with Crippen LogP contribution < -0.4 is 10.6 Å². The standard InChI is InChI=1S/C21H23N3O2S2/c1-3-12-22-19(25)14(2)23-20(26)16-10-8-15(9-11-16)13-27-21-24-17-6-4-5-7-18(17)28-21/h4-11,14H,3,12-13H2,1-2H3,(H,22,25)(H,23,26). The minimum Gasteiger partial charge on any atom is -0.354 e. The normalized spacial score (nSPS) is 11.9. The molecular weight excluding hydrogens is 390 g/mol. The predicted octanol–water partition coefficient (Wildman–Crippen LogP) is 4.23. The van der Waals surface area contributed by atoms with Gasteiger partial charge in [-0.25, -0.2) is 4.98 Å². The molecule has 0 aliphatic heterocycles. The van der Waals surface area contributed by atoms with Crippen LogP contribution in [0, 0.1) is 0 Å². The molecular formula is C21H23N3O2S2. The van der Waals surface area contributed by atoms with E-state index in [2.05, 4.69) is 21.7 Å². The van der Waals surface area contributed by atoms with Crippen LogP contribution in [-0.2, 0) is 10.5 Å². The predicted molar refractivity (Wildman–Crippen MR) is 116 cm³/mol. The smallest absolute Gasteiger partial charge is 0.251 e. The van der Waals surface area contributed by atoms with Crippen LogP contribution in [0.5, 0.6) is 0 Å². The zero-order valence-electron chi connectivity index (χ0n) is 15.9. The average Bonchev–Trinajstić information content (AvgIpc) is 3.13. The van der Waals surface area contributed by atoms with Crippen molar-refractivity contribution >= 4 is 45.1 Å². The first-order valence-electron chi connectivity index (χ1n) is 9.22. The number of thioether (sulfide) groups is 1. The summed E-state index contributed by atoms with van der Waals surface area (Å²) in [6, 6.07) is 15.0. The third-order valence-electron chi connectivity index (χ3n) is 4.14. The number of benzene rings is 2. The van der Waals surface area contributed by atoms with Gasteiger partial charge in [-0.15, -0.1) is 11.3 Å². The number of hydrogen-bond acceptors (Lipinski definition) is 5. The van der Waals surface area contributed by atoms with Crippen LogP contribution in [0.1, 0.15) is 36.2 Å². The van der Waals surface area contributed by atoms with E-state index in [4.69, 9.17) is 0 Å². The maximum atomic E-state index is 12.3. The van der Waals surface area contributed by atoms with E-state index in [1.54, 1.807) is 42.2 Å². The van der Waals surface area contributed by atoms with Gasteiger partial charge in [0.25, 0.3) is 5.91 Å². The Morgan fingerprint density at radius 3 is 2.61 bits per heavy atom. The first-order chi connectivity index (χ1) is 13.6. The quantitative estimate of drug-likeness (QED) is 0.542. The van der Waals surface area contributed by atoms with Crippen molar-refractivity contribution in [2.75, 3.05) is 6.54 Å². The van der Waals surface area contributed by atoms with Crippen molar-refractivity contribution in [1.29, 1.82) is 0 Å². The van der Waals surface area contributed by atoms with Gasteiger partial charge in [-0.2, -0.15) is 0 Å². The number of fused-ring (bicyclic) bond motifs is 1. The number of aromatic nitrogens is 1. The van der Waals surface area contributed by atoms with Gasteiger partial charge in [-0.3, -0.25) is 9.59 Å². The minimum absolute atomic E-state index is 0.168. The highest BCUT2D eigenvalue weighted by atomic mass is 32.2. The van der Waals surface area contributed by atoms with Gasteiger partial charge in [-0.05, 0) is 43.2 Å². The molecule has 0 aliphatic rings. The monoisotopic (exact) mass is 413 g/mol. The Balaban J connectivity index is 1.53. The highest BCUT2D eigenvalue weighted by molar-refractivity contribution is 8.00. The molecule has 0 saturated heterocycles. The maximum Gasteiger partial charge on any atom is 0.251 e. The van der Waals surface area contributed by atoms with E-state index < -0.39 is 6.04 Å². The number of thiazole rings is 1. The number of carbonyl (C=O) groups excluding carboxylic acids is 2. The summed E-state index contributed by atoms with van der Waals surface area (Å²) in [7, 11) is 0. The second-order valence-electron chi connectivity index (χ2n) is 6.42. The highest BCUT2D eigenvalue weighted by Crippen LogP contribution is 2.31. The second kappa shape index (κ2) is 9.71. The molecule has 7 heteroatoms. The molecule has 5 nitrogen and oxygen atoms in total. The summed E-state index contributed by atoms with van der Waals surface area (Å²) in [5.74, 6) is 0.376. The third kappa shape index (κ3) is 5.33. The van der Waals surface area contributed by atoms with Gasteiger partial charge < -0.3 is 10.6 Å². The van der Waals surface area contributed by atoms with Gasteiger partial charge in [0.1, 0.15) is 6.04 Å². The Morgan fingerprint density at radius 1 is 1.14 bits per heavy atom. The summed E-state index contributed by atoms with van der Waals surface area (Å²) in [6.45, 7) is 4.28.